The van der Waals surface area contributed by atoms with Gasteiger partial charge in [-0.3, -0.25) is 0 Å². The minimum atomic E-state index is 0.798. The van der Waals surface area contributed by atoms with Gasteiger partial charge in [-0.1, -0.05) is 25.4 Å². The summed E-state index contributed by atoms with van der Waals surface area (Å²) in [6.07, 6.45) is 3.70. The second kappa shape index (κ2) is 7.16. The van der Waals surface area contributed by atoms with Gasteiger partial charge in [-0.2, -0.15) is 0 Å². The summed E-state index contributed by atoms with van der Waals surface area (Å²) in [6, 6.07) is 5.97. The van der Waals surface area contributed by atoms with E-state index in [2.05, 4.69) is 19.9 Å². The summed E-state index contributed by atoms with van der Waals surface area (Å²) in [5.74, 6) is 1.82. The number of rotatable bonds is 5. The van der Waals surface area contributed by atoms with Crippen LogP contribution in [0.1, 0.15) is 32.3 Å². The van der Waals surface area contributed by atoms with E-state index in [9.17, 15) is 0 Å². The molecule has 0 aliphatic carbocycles. The van der Waals surface area contributed by atoms with Crippen LogP contribution in [0.15, 0.2) is 18.2 Å². The highest BCUT2D eigenvalue weighted by Gasteiger charge is 2.19. The monoisotopic (exact) mass is 282 g/mol. The van der Waals surface area contributed by atoms with E-state index in [-0.39, 0.29) is 0 Å². The Morgan fingerprint density at radius 1 is 1.42 bits per heavy atom. The van der Waals surface area contributed by atoms with Crippen molar-refractivity contribution < 1.29 is 9.64 Å². The Bertz CT molecular complexity index is 408. The first kappa shape index (κ1) is 14.7. The van der Waals surface area contributed by atoms with E-state index >= 15 is 0 Å². The van der Waals surface area contributed by atoms with Crippen molar-refractivity contribution in [2.24, 2.45) is 5.92 Å². The molecule has 1 unspecified atom stereocenters. The molecule has 106 valence electrons. The maximum absolute atomic E-state index is 6.11. The Morgan fingerprint density at radius 2 is 2.26 bits per heavy atom. The van der Waals surface area contributed by atoms with Gasteiger partial charge in [0.2, 0.25) is 0 Å². The number of aryl methyl sites for hydroxylation is 1. The molecular weight excluding hydrogens is 258 g/mol. The molecule has 1 aliphatic rings. The molecule has 0 spiro atoms. The van der Waals surface area contributed by atoms with E-state index in [4.69, 9.17) is 16.3 Å². The van der Waals surface area contributed by atoms with E-state index in [0.717, 1.165) is 41.8 Å². The first-order valence-corrected chi connectivity index (χ1v) is 7.81. The van der Waals surface area contributed by atoms with Crippen LogP contribution in [0.4, 0.5) is 0 Å². The minimum absolute atomic E-state index is 0.798. The molecule has 3 heteroatoms. The van der Waals surface area contributed by atoms with Crippen LogP contribution in [-0.4, -0.2) is 26.2 Å². The third kappa shape index (κ3) is 4.39. The average molecular weight is 283 g/mol. The SMILES string of the molecule is CCc1cc(OCC[NH+]2CCC[C@H](C)C2)ccc1Cl. The summed E-state index contributed by atoms with van der Waals surface area (Å²) in [6.45, 7) is 8.97. The second-order valence-electron chi connectivity index (χ2n) is 5.66. The van der Waals surface area contributed by atoms with Gasteiger partial charge in [-0.25, -0.2) is 0 Å². The van der Waals surface area contributed by atoms with Crippen molar-refractivity contribution in [3.63, 3.8) is 0 Å². The molecule has 0 amide bonds. The number of hydrogen-bond donors (Lipinski definition) is 1. The average Bonchev–Trinajstić information content (AvgIpc) is 2.41. The predicted molar refractivity (Wildman–Crippen MR) is 80.3 cm³/mol. The van der Waals surface area contributed by atoms with Crippen molar-refractivity contribution in [2.75, 3.05) is 26.2 Å². The van der Waals surface area contributed by atoms with Gasteiger partial charge >= 0.3 is 0 Å². The normalized spacial score (nSPS) is 23.3. The summed E-state index contributed by atoms with van der Waals surface area (Å²) in [5.41, 5.74) is 1.16. The first-order chi connectivity index (χ1) is 9.19. The third-order valence-electron chi connectivity index (χ3n) is 3.99. The van der Waals surface area contributed by atoms with Gasteiger partial charge in [-0.05, 0) is 43.0 Å². The lowest BCUT2D eigenvalue weighted by Gasteiger charge is -2.27. The van der Waals surface area contributed by atoms with Crippen molar-refractivity contribution in [1.82, 2.24) is 0 Å². The number of piperidine rings is 1. The van der Waals surface area contributed by atoms with Crippen molar-refractivity contribution >= 4 is 11.6 Å². The van der Waals surface area contributed by atoms with Gasteiger partial charge in [0.25, 0.3) is 0 Å². The zero-order valence-electron chi connectivity index (χ0n) is 12.0. The van der Waals surface area contributed by atoms with Gasteiger partial charge in [0, 0.05) is 10.9 Å². The van der Waals surface area contributed by atoms with Crippen molar-refractivity contribution in [2.45, 2.75) is 33.1 Å². The van der Waals surface area contributed by atoms with Crippen LogP contribution in [0, 0.1) is 5.92 Å². The van der Waals surface area contributed by atoms with Crippen molar-refractivity contribution in [3.05, 3.63) is 28.8 Å². The Hall–Kier alpha value is -0.730. The molecule has 1 aliphatic heterocycles. The molecule has 0 saturated carbocycles. The zero-order chi connectivity index (χ0) is 13.7. The Labute approximate surface area is 121 Å². The molecule has 1 N–H and O–H groups in total. The smallest absolute Gasteiger partial charge is 0.137 e. The fourth-order valence-electron chi connectivity index (χ4n) is 2.85. The van der Waals surface area contributed by atoms with E-state index in [1.165, 1.54) is 25.9 Å². The largest absolute Gasteiger partial charge is 0.488 e. The van der Waals surface area contributed by atoms with E-state index < -0.39 is 0 Å². The van der Waals surface area contributed by atoms with Crippen molar-refractivity contribution in [1.29, 1.82) is 0 Å². The number of halogens is 1. The summed E-state index contributed by atoms with van der Waals surface area (Å²) < 4.78 is 5.86. The van der Waals surface area contributed by atoms with Gasteiger partial charge in [-0.15, -0.1) is 0 Å². The maximum atomic E-state index is 6.11. The van der Waals surface area contributed by atoms with Gasteiger partial charge in [0.05, 0.1) is 13.1 Å². The van der Waals surface area contributed by atoms with Gasteiger partial charge in [0.15, 0.2) is 0 Å². The number of quaternary nitrogens is 1. The molecule has 0 radical (unpaired) electrons. The minimum Gasteiger partial charge on any atom is -0.488 e. The molecule has 1 aromatic carbocycles. The topological polar surface area (TPSA) is 13.7 Å². The first-order valence-electron chi connectivity index (χ1n) is 7.43. The van der Waals surface area contributed by atoms with Crippen LogP contribution in [0.3, 0.4) is 0 Å². The lowest BCUT2D eigenvalue weighted by molar-refractivity contribution is -0.908. The van der Waals surface area contributed by atoms with Crippen LogP contribution >= 0.6 is 11.6 Å². The number of benzene rings is 1. The molecule has 2 rings (SSSR count). The fourth-order valence-corrected chi connectivity index (χ4v) is 3.10. The molecule has 0 bridgehead atoms. The predicted octanol–water partition coefficient (Wildman–Crippen LogP) is 2.60. The lowest BCUT2D eigenvalue weighted by atomic mass is 10.0. The molecule has 1 heterocycles. The number of nitrogens with one attached hydrogen (secondary N) is 1. The Kier molecular flexibility index (Phi) is 5.53. The summed E-state index contributed by atoms with van der Waals surface area (Å²) in [5, 5.41) is 0.838. The maximum Gasteiger partial charge on any atom is 0.137 e. The Morgan fingerprint density at radius 3 is 3.00 bits per heavy atom. The quantitative estimate of drug-likeness (QED) is 0.876. The third-order valence-corrected chi connectivity index (χ3v) is 4.36. The Balaban J connectivity index is 1.79. The molecule has 1 saturated heterocycles. The summed E-state index contributed by atoms with van der Waals surface area (Å²) in [4.78, 5) is 1.68. The van der Waals surface area contributed by atoms with Crippen LogP contribution < -0.4 is 9.64 Å². The van der Waals surface area contributed by atoms with E-state index in [1.807, 2.05) is 12.1 Å². The zero-order valence-corrected chi connectivity index (χ0v) is 12.8. The highest BCUT2D eigenvalue weighted by atomic mass is 35.5. The van der Waals surface area contributed by atoms with Crippen LogP contribution in [0.5, 0.6) is 5.75 Å². The van der Waals surface area contributed by atoms with Crippen LogP contribution in [0.25, 0.3) is 0 Å². The fraction of sp³-hybridized carbons (Fsp3) is 0.625. The van der Waals surface area contributed by atoms with Crippen LogP contribution in [0.2, 0.25) is 5.02 Å². The van der Waals surface area contributed by atoms with Gasteiger partial charge in [0.1, 0.15) is 18.9 Å². The number of hydrogen-bond acceptors (Lipinski definition) is 1. The van der Waals surface area contributed by atoms with Gasteiger partial charge < -0.3 is 9.64 Å². The highest BCUT2D eigenvalue weighted by Crippen LogP contribution is 2.22. The van der Waals surface area contributed by atoms with Crippen LogP contribution in [-0.2, 0) is 6.42 Å². The number of ether oxygens (including phenoxy) is 1. The lowest BCUT2D eigenvalue weighted by Crippen LogP contribution is -3.14. The van der Waals surface area contributed by atoms with E-state index in [0.29, 0.717) is 0 Å². The summed E-state index contributed by atoms with van der Waals surface area (Å²) >= 11 is 6.11. The van der Waals surface area contributed by atoms with E-state index in [1.54, 1.807) is 4.90 Å². The molecule has 2 atom stereocenters. The molecule has 1 fully saturated rings. The standard InChI is InChI=1S/C16H24ClNO/c1-3-14-11-15(6-7-16(14)17)19-10-9-18-8-4-5-13(2)12-18/h6-7,11,13H,3-5,8-10,12H2,1-2H3/p+1/t13-/m0/s1. The number of likely N-dealkylation sites (tertiary alicyclic amines) is 1. The molecule has 2 nitrogen and oxygen atoms in total. The van der Waals surface area contributed by atoms with Crippen molar-refractivity contribution in [3.8, 4) is 5.75 Å². The highest BCUT2D eigenvalue weighted by molar-refractivity contribution is 6.31. The molecule has 1 aromatic rings. The molecular formula is C16H25ClNO+. The molecule has 0 aromatic heterocycles. The summed E-state index contributed by atoms with van der Waals surface area (Å²) in [7, 11) is 0. The second-order valence-corrected chi connectivity index (χ2v) is 6.06. The molecule has 19 heavy (non-hydrogen) atoms.